The van der Waals surface area contributed by atoms with Gasteiger partial charge in [-0.3, -0.25) is 14.4 Å². The molecule has 0 saturated carbocycles. The largest absolute Gasteiger partial charge is 0.454 e. The van der Waals surface area contributed by atoms with Crippen LogP contribution in [0.5, 0.6) is 0 Å². The second-order valence-electron chi connectivity index (χ2n) is 8.70. The molecule has 3 amide bonds. The molecule has 8 nitrogen and oxygen atoms in total. The first-order valence-corrected chi connectivity index (χ1v) is 9.87. The summed E-state index contributed by atoms with van der Waals surface area (Å²) >= 11 is 0. The summed E-state index contributed by atoms with van der Waals surface area (Å²) in [5.41, 5.74) is 1.50. The average molecular weight is 420 g/mol. The van der Waals surface area contributed by atoms with Crippen LogP contribution in [0, 0.1) is 5.92 Å². The number of amides is 3. The van der Waals surface area contributed by atoms with Crippen molar-refractivity contribution in [2.75, 3.05) is 27.2 Å². The molecular weight excluding hydrogens is 386 g/mol. The average Bonchev–Trinajstić information content (AvgIpc) is 2.67. The summed E-state index contributed by atoms with van der Waals surface area (Å²) in [4.78, 5) is 49.5. The lowest BCUT2D eigenvalue weighted by Crippen LogP contribution is -2.46. The van der Waals surface area contributed by atoms with E-state index in [9.17, 15) is 19.2 Å². The number of ether oxygens (including phenoxy) is 1. The van der Waals surface area contributed by atoms with E-state index in [4.69, 9.17) is 4.74 Å². The van der Waals surface area contributed by atoms with Gasteiger partial charge in [-0.15, -0.1) is 0 Å². The van der Waals surface area contributed by atoms with Crippen LogP contribution in [0.4, 0.5) is 0 Å². The number of nitrogens with one attached hydrogen (secondary N) is 2. The molecule has 1 rings (SSSR count). The molecule has 0 saturated heterocycles. The smallest absolute Gasteiger partial charge is 0.329 e. The number of hydrogen-bond acceptors (Lipinski definition) is 5. The fraction of sp³-hybridized carbons (Fsp3) is 0.545. The normalized spacial score (nSPS) is 12.1. The Kier molecular flexibility index (Phi) is 9.01. The zero-order chi connectivity index (χ0) is 23.1. The van der Waals surface area contributed by atoms with Crippen LogP contribution in [0.25, 0.3) is 0 Å². The van der Waals surface area contributed by atoms with E-state index in [1.807, 2.05) is 12.1 Å². The van der Waals surface area contributed by atoms with Crippen molar-refractivity contribution in [1.82, 2.24) is 15.5 Å². The summed E-state index contributed by atoms with van der Waals surface area (Å²) in [6.07, 6.45) is 0. The molecule has 0 bridgehead atoms. The van der Waals surface area contributed by atoms with Crippen LogP contribution in [0.1, 0.15) is 50.5 Å². The molecule has 1 atom stereocenters. The van der Waals surface area contributed by atoms with E-state index < -0.39 is 30.4 Å². The summed E-state index contributed by atoms with van der Waals surface area (Å²) in [5, 5.41) is 5.05. The molecular formula is C22H33N3O5. The third-order valence-electron chi connectivity index (χ3n) is 4.50. The van der Waals surface area contributed by atoms with Gasteiger partial charge in [-0.2, -0.15) is 0 Å². The Labute approximate surface area is 178 Å². The summed E-state index contributed by atoms with van der Waals surface area (Å²) in [6.45, 7) is 9.07. The van der Waals surface area contributed by atoms with E-state index in [2.05, 4.69) is 31.4 Å². The van der Waals surface area contributed by atoms with E-state index in [0.29, 0.717) is 5.56 Å². The van der Waals surface area contributed by atoms with Gasteiger partial charge >= 0.3 is 5.97 Å². The Balaban J connectivity index is 2.66. The van der Waals surface area contributed by atoms with Gasteiger partial charge < -0.3 is 20.3 Å². The first-order valence-electron chi connectivity index (χ1n) is 9.87. The van der Waals surface area contributed by atoms with Gasteiger partial charge in [-0.25, -0.2) is 4.79 Å². The Morgan fingerprint density at radius 2 is 1.60 bits per heavy atom. The van der Waals surface area contributed by atoms with Gasteiger partial charge in [-0.05, 0) is 29.0 Å². The van der Waals surface area contributed by atoms with Gasteiger partial charge in [0, 0.05) is 19.7 Å². The van der Waals surface area contributed by atoms with Crippen molar-refractivity contribution in [3.63, 3.8) is 0 Å². The van der Waals surface area contributed by atoms with Crippen LogP contribution >= 0.6 is 0 Å². The summed E-state index contributed by atoms with van der Waals surface area (Å²) < 4.78 is 5.03. The van der Waals surface area contributed by atoms with Crippen molar-refractivity contribution >= 4 is 23.7 Å². The molecule has 0 aliphatic rings. The lowest BCUT2D eigenvalue weighted by atomic mass is 9.86. The predicted octanol–water partition coefficient (Wildman–Crippen LogP) is 1.49. The minimum atomic E-state index is -0.906. The maximum atomic E-state index is 12.6. The van der Waals surface area contributed by atoms with Crippen molar-refractivity contribution in [2.45, 2.75) is 46.1 Å². The van der Waals surface area contributed by atoms with Gasteiger partial charge in [-0.1, -0.05) is 46.8 Å². The van der Waals surface area contributed by atoms with Gasteiger partial charge in [0.05, 0.1) is 6.54 Å². The van der Waals surface area contributed by atoms with Crippen molar-refractivity contribution in [3.8, 4) is 0 Å². The number of carbonyl (C=O) groups is 4. The summed E-state index contributed by atoms with van der Waals surface area (Å²) in [7, 11) is 3.14. The molecule has 1 aromatic rings. The highest BCUT2D eigenvalue weighted by atomic mass is 16.5. The van der Waals surface area contributed by atoms with E-state index in [1.165, 1.54) is 4.90 Å². The molecule has 1 aromatic carbocycles. The van der Waals surface area contributed by atoms with Crippen LogP contribution in [0.15, 0.2) is 24.3 Å². The fourth-order valence-electron chi connectivity index (χ4n) is 2.45. The van der Waals surface area contributed by atoms with Gasteiger partial charge in [0.1, 0.15) is 6.04 Å². The Morgan fingerprint density at radius 3 is 2.07 bits per heavy atom. The third-order valence-corrected chi connectivity index (χ3v) is 4.50. The van der Waals surface area contributed by atoms with E-state index in [-0.39, 0.29) is 23.8 Å². The number of likely N-dealkylation sites (N-methyl/N-ethyl adjacent to an activating group) is 1. The zero-order valence-electron chi connectivity index (χ0n) is 18.9. The van der Waals surface area contributed by atoms with E-state index in [0.717, 1.165) is 5.56 Å². The highest BCUT2D eigenvalue weighted by Gasteiger charge is 2.27. The zero-order valence-corrected chi connectivity index (χ0v) is 18.9. The van der Waals surface area contributed by atoms with Crippen molar-refractivity contribution in [3.05, 3.63) is 35.4 Å². The second-order valence-corrected chi connectivity index (χ2v) is 8.70. The number of benzene rings is 1. The SMILES string of the molecule is CC(C)[C@H](NC(=O)c1ccc(C(C)(C)C)cc1)C(=O)OCC(=O)NCC(=O)N(C)C. The van der Waals surface area contributed by atoms with Crippen LogP contribution in [-0.4, -0.2) is 61.9 Å². The topological polar surface area (TPSA) is 105 Å². The Hall–Kier alpha value is -2.90. The molecule has 0 heterocycles. The predicted molar refractivity (Wildman–Crippen MR) is 114 cm³/mol. The molecule has 30 heavy (non-hydrogen) atoms. The van der Waals surface area contributed by atoms with Crippen molar-refractivity contribution < 1.29 is 23.9 Å². The lowest BCUT2D eigenvalue weighted by Gasteiger charge is -2.22. The Morgan fingerprint density at radius 1 is 1.03 bits per heavy atom. The van der Waals surface area contributed by atoms with E-state index in [1.54, 1.807) is 40.1 Å². The maximum absolute atomic E-state index is 12.6. The summed E-state index contributed by atoms with van der Waals surface area (Å²) in [5.74, 6) is -2.22. The highest BCUT2D eigenvalue weighted by molar-refractivity contribution is 5.97. The number of carbonyl (C=O) groups excluding carboxylic acids is 4. The molecule has 0 unspecified atom stereocenters. The van der Waals surface area contributed by atoms with Gasteiger partial charge in [0.25, 0.3) is 11.8 Å². The van der Waals surface area contributed by atoms with Crippen molar-refractivity contribution in [2.24, 2.45) is 5.92 Å². The highest BCUT2D eigenvalue weighted by Crippen LogP contribution is 2.22. The number of nitrogens with zero attached hydrogens (tertiary/aromatic N) is 1. The van der Waals surface area contributed by atoms with Crippen LogP contribution in [0.2, 0.25) is 0 Å². The number of hydrogen-bond donors (Lipinski definition) is 2. The minimum Gasteiger partial charge on any atom is -0.454 e. The molecule has 0 spiro atoms. The molecule has 0 aliphatic carbocycles. The maximum Gasteiger partial charge on any atom is 0.329 e. The first kappa shape index (κ1) is 25.1. The quantitative estimate of drug-likeness (QED) is 0.621. The lowest BCUT2D eigenvalue weighted by molar-refractivity contribution is -0.151. The monoisotopic (exact) mass is 419 g/mol. The molecule has 8 heteroatoms. The number of rotatable bonds is 8. The van der Waals surface area contributed by atoms with Crippen LogP contribution in [-0.2, 0) is 24.5 Å². The molecule has 0 fully saturated rings. The third kappa shape index (κ3) is 7.85. The van der Waals surface area contributed by atoms with Crippen LogP contribution < -0.4 is 10.6 Å². The summed E-state index contributed by atoms with van der Waals surface area (Å²) in [6, 6.07) is 6.30. The first-order chi connectivity index (χ1) is 13.8. The molecule has 166 valence electrons. The molecule has 2 N–H and O–H groups in total. The fourth-order valence-corrected chi connectivity index (χ4v) is 2.45. The Bertz CT molecular complexity index is 764. The molecule has 0 aliphatic heterocycles. The second kappa shape index (κ2) is 10.8. The standard InChI is InChI=1S/C22H33N3O5/c1-14(2)19(21(29)30-13-17(26)23-12-18(27)25(6)7)24-20(28)15-8-10-16(11-9-15)22(3,4)5/h8-11,14,19H,12-13H2,1-7H3,(H,23,26)(H,24,28)/t19-/m0/s1. The number of esters is 1. The van der Waals surface area contributed by atoms with E-state index >= 15 is 0 Å². The van der Waals surface area contributed by atoms with Crippen LogP contribution in [0.3, 0.4) is 0 Å². The van der Waals surface area contributed by atoms with Gasteiger partial charge in [0.2, 0.25) is 5.91 Å². The molecule has 0 radical (unpaired) electrons. The minimum absolute atomic E-state index is 0.0307. The molecule has 0 aromatic heterocycles. The van der Waals surface area contributed by atoms with Crippen molar-refractivity contribution in [1.29, 1.82) is 0 Å². The van der Waals surface area contributed by atoms with Gasteiger partial charge in [0.15, 0.2) is 6.61 Å².